The quantitative estimate of drug-likeness (QED) is 0.253. The summed E-state index contributed by atoms with van der Waals surface area (Å²) in [6.07, 6.45) is -3.14. The number of nitrogens with two attached hydrogens (primary N) is 1. The zero-order valence-electron chi connectivity index (χ0n) is 19.2. The summed E-state index contributed by atoms with van der Waals surface area (Å²) < 4.78 is 51.3. The molecule has 0 aliphatic heterocycles. The van der Waals surface area contributed by atoms with Crippen molar-refractivity contribution in [2.45, 2.75) is 25.9 Å². The van der Waals surface area contributed by atoms with Gasteiger partial charge in [-0.1, -0.05) is 17.7 Å². The fourth-order valence-electron chi connectivity index (χ4n) is 3.62. The molecule has 4 rings (SSSR count). The third-order valence-corrected chi connectivity index (χ3v) is 5.42. The summed E-state index contributed by atoms with van der Waals surface area (Å²) in [4.78, 5) is 39.4. The molecule has 2 N–H and O–H groups in total. The van der Waals surface area contributed by atoms with Crippen LogP contribution in [0.3, 0.4) is 0 Å². The normalized spacial score (nSPS) is 11.7. The number of ether oxygens (including phenoxy) is 2. The third-order valence-electron chi connectivity index (χ3n) is 5.19. The van der Waals surface area contributed by atoms with Crippen LogP contribution in [-0.2, 0) is 25.0 Å². The lowest BCUT2D eigenvalue weighted by atomic mass is 10.3. The Morgan fingerprint density at radius 2 is 1.86 bits per heavy atom. The van der Waals surface area contributed by atoms with Gasteiger partial charge in [-0.2, -0.15) is 4.98 Å². The van der Waals surface area contributed by atoms with E-state index in [9.17, 15) is 22.8 Å². The van der Waals surface area contributed by atoms with Gasteiger partial charge >= 0.3 is 18.1 Å². The molecule has 3 aromatic heterocycles. The fourth-order valence-corrected chi connectivity index (χ4v) is 3.80. The second kappa shape index (κ2) is 10.6. The SMILES string of the molecule is Cn1c(=O)n(CCCON)c(=O)c2c1nc(Oc1cccc(OC(F)(F)F)c1)n2Cc1cc(Cl)ccn1. The number of pyridine rings is 1. The molecule has 0 aliphatic rings. The highest BCUT2D eigenvalue weighted by Crippen LogP contribution is 2.30. The molecular weight excluding hydrogens is 521 g/mol. The Kier molecular flexibility index (Phi) is 7.52. The summed E-state index contributed by atoms with van der Waals surface area (Å²) in [6.45, 7) is 0.0841. The molecule has 0 radical (unpaired) electrons. The Balaban J connectivity index is 1.86. The second-order valence-electron chi connectivity index (χ2n) is 7.77. The number of benzene rings is 1. The summed E-state index contributed by atoms with van der Waals surface area (Å²) in [7, 11) is 1.43. The van der Waals surface area contributed by atoms with Crippen LogP contribution < -0.4 is 26.6 Å². The Bertz CT molecular complexity index is 1550. The van der Waals surface area contributed by atoms with Crippen LogP contribution in [0.25, 0.3) is 11.2 Å². The van der Waals surface area contributed by atoms with E-state index in [0.717, 1.165) is 21.3 Å². The monoisotopic (exact) mass is 540 g/mol. The van der Waals surface area contributed by atoms with Crippen LogP contribution in [0.2, 0.25) is 5.02 Å². The molecular formula is C22H20ClF3N6O5. The lowest BCUT2D eigenvalue weighted by molar-refractivity contribution is -0.274. The van der Waals surface area contributed by atoms with E-state index in [1.54, 1.807) is 12.1 Å². The van der Waals surface area contributed by atoms with Crippen molar-refractivity contribution < 1.29 is 27.5 Å². The van der Waals surface area contributed by atoms with Gasteiger partial charge in [0, 0.05) is 30.9 Å². The summed E-state index contributed by atoms with van der Waals surface area (Å²) in [5.41, 5.74) is -0.848. The number of hydrogen-bond acceptors (Lipinski definition) is 8. The van der Waals surface area contributed by atoms with Gasteiger partial charge in [0.05, 0.1) is 18.8 Å². The van der Waals surface area contributed by atoms with Crippen molar-refractivity contribution in [3.05, 3.63) is 74.1 Å². The standard InChI is InChI=1S/C22H20ClF3N6O5/c1-30-18-17(19(33)31(21(30)34)8-3-9-35-27)32(12-14-10-13(23)6-7-28-14)20(29-18)36-15-4-2-5-16(11-15)37-22(24,25)26/h2,4-7,10-11H,3,8-9,12,27H2,1H3. The van der Waals surface area contributed by atoms with Crippen molar-refractivity contribution >= 4 is 22.8 Å². The molecule has 11 nitrogen and oxygen atoms in total. The average Bonchev–Trinajstić information content (AvgIpc) is 3.17. The van der Waals surface area contributed by atoms with E-state index in [4.69, 9.17) is 22.2 Å². The maximum absolute atomic E-state index is 13.4. The van der Waals surface area contributed by atoms with E-state index >= 15 is 0 Å². The van der Waals surface area contributed by atoms with Gasteiger partial charge in [0.15, 0.2) is 11.2 Å². The minimum absolute atomic E-state index is 0.000971. The van der Waals surface area contributed by atoms with Crippen LogP contribution in [-0.4, -0.2) is 36.6 Å². The highest BCUT2D eigenvalue weighted by atomic mass is 35.5. The smallest absolute Gasteiger partial charge is 0.425 e. The van der Waals surface area contributed by atoms with Crippen LogP contribution in [0.5, 0.6) is 17.5 Å². The Labute approximate surface area is 211 Å². The van der Waals surface area contributed by atoms with E-state index < -0.39 is 23.4 Å². The predicted octanol–water partition coefficient (Wildman–Crippen LogP) is 2.96. The number of aryl methyl sites for hydroxylation is 1. The largest absolute Gasteiger partial charge is 0.573 e. The highest BCUT2D eigenvalue weighted by molar-refractivity contribution is 6.30. The fraction of sp³-hybridized carbons (Fsp3) is 0.273. The summed E-state index contributed by atoms with van der Waals surface area (Å²) in [5.74, 6) is 4.48. The lowest BCUT2D eigenvalue weighted by Gasteiger charge is -2.12. The van der Waals surface area contributed by atoms with Crippen molar-refractivity contribution in [3.63, 3.8) is 0 Å². The molecule has 37 heavy (non-hydrogen) atoms. The van der Waals surface area contributed by atoms with E-state index in [0.29, 0.717) is 10.7 Å². The number of rotatable bonds is 9. The first-order valence-corrected chi connectivity index (χ1v) is 11.1. The number of halogens is 4. The van der Waals surface area contributed by atoms with Crippen LogP contribution >= 0.6 is 11.6 Å². The van der Waals surface area contributed by atoms with Crippen molar-refractivity contribution in [1.82, 2.24) is 23.7 Å². The van der Waals surface area contributed by atoms with Crippen LogP contribution in [0, 0.1) is 0 Å². The Hall–Kier alpha value is -3.88. The van der Waals surface area contributed by atoms with Crippen molar-refractivity contribution in [2.24, 2.45) is 12.9 Å². The lowest BCUT2D eigenvalue weighted by Crippen LogP contribution is -2.40. The topological polar surface area (TPSA) is 128 Å². The Morgan fingerprint density at radius 1 is 1.11 bits per heavy atom. The minimum Gasteiger partial charge on any atom is -0.425 e. The van der Waals surface area contributed by atoms with Gasteiger partial charge in [-0.25, -0.2) is 10.7 Å². The zero-order valence-corrected chi connectivity index (χ0v) is 20.0. The molecule has 3 heterocycles. The zero-order chi connectivity index (χ0) is 26.7. The first-order valence-electron chi connectivity index (χ1n) is 10.7. The maximum Gasteiger partial charge on any atom is 0.573 e. The number of nitrogens with zero attached hydrogens (tertiary/aromatic N) is 5. The first kappa shape index (κ1) is 26.2. The van der Waals surface area contributed by atoms with E-state index in [2.05, 4.69) is 19.5 Å². The van der Waals surface area contributed by atoms with E-state index in [-0.39, 0.29) is 49.0 Å². The molecule has 0 fully saturated rings. The molecule has 0 atom stereocenters. The number of imidazole rings is 1. The predicted molar refractivity (Wildman–Crippen MR) is 126 cm³/mol. The van der Waals surface area contributed by atoms with Crippen molar-refractivity contribution in [2.75, 3.05) is 6.61 Å². The van der Waals surface area contributed by atoms with E-state index in [1.807, 2.05) is 0 Å². The highest BCUT2D eigenvalue weighted by Gasteiger charge is 2.31. The Morgan fingerprint density at radius 3 is 2.57 bits per heavy atom. The minimum atomic E-state index is -4.90. The van der Waals surface area contributed by atoms with Crippen LogP contribution in [0.15, 0.2) is 52.2 Å². The molecule has 0 saturated carbocycles. The number of fused-ring (bicyclic) bond motifs is 1. The van der Waals surface area contributed by atoms with Crippen LogP contribution in [0.4, 0.5) is 13.2 Å². The molecule has 15 heteroatoms. The third kappa shape index (κ3) is 5.93. The van der Waals surface area contributed by atoms with Gasteiger partial charge in [-0.15, -0.1) is 13.2 Å². The van der Waals surface area contributed by atoms with Crippen LogP contribution in [0.1, 0.15) is 12.1 Å². The van der Waals surface area contributed by atoms with Gasteiger partial charge in [0.2, 0.25) is 0 Å². The summed E-state index contributed by atoms with van der Waals surface area (Å²) in [5, 5.41) is 0.389. The first-order chi connectivity index (χ1) is 17.6. The molecule has 0 aliphatic carbocycles. The molecule has 0 bridgehead atoms. The summed E-state index contributed by atoms with van der Waals surface area (Å²) >= 11 is 6.08. The average molecular weight is 541 g/mol. The van der Waals surface area contributed by atoms with Crippen molar-refractivity contribution in [3.8, 4) is 17.5 Å². The molecule has 0 amide bonds. The maximum atomic E-state index is 13.4. The molecule has 4 aromatic rings. The van der Waals surface area contributed by atoms with Gasteiger partial charge in [0.25, 0.3) is 5.56 Å². The van der Waals surface area contributed by atoms with E-state index in [1.165, 1.54) is 29.9 Å². The number of hydrogen-bond donors (Lipinski definition) is 1. The summed E-state index contributed by atoms with van der Waals surface area (Å²) in [6, 6.07) is 7.76. The van der Waals surface area contributed by atoms with Crippen molar-refractivity contribution in [1.29, 1.82) is 0 Å². The van der Waals surface area contributed by atoms with Gasteiger partial charge in [-0.3, -0.25) is 23.5 Å². The molecule has 0 saturated heterocycles. The molecule has 1 aromatic carbocycles. The molecule has 0 unspecified atom stereocenters. The van der Waals surface area contributed by atoms with Gasteiger partial charge in [0.1, 0.15) is 11.5 Å². The number of alkyl halides is 3. The second-order valence-corrected chi connectivity index (χ2v) is 8.20. The van der Waals surface area contributed by atoms with Gasteiger partial charge < -0.3 is 14.3 Å². The molecule has 196 valence electrons. The molecule has 0 spiro atoms. The number of aromatic nitrogens is 5. The van der Waals surface area contributed by atoms with Gasteiger partial charge in [-0.05, 0) is 30.7 Å².